The number of hydrogen-bond acceptors (Lipinski definition) is 3. The summed E-state index contributed by atoms with van der Waals surface area (Å²) in [7, 11) is 0. The summed E-state index contributed by atoms with van der Waals surface area (Å²) >= 11 is 0. The number of ether oxygens (including phenoxy) is 1. The molecule has 0 saturated carbocycles. The van der Waals surface area contributed by atoms with Crippen LogP contribution in [0.5, 0.6) is 0 Å². The van der Waals surface area contributed by atoms with E-state index in [1.54, 1.807) is 0 Å². The fraction of sp³-hybridized carbons (Fsp3) is 0.974. The molecule has 0 fully saturated rings. The molecule has 0 heterocycles. The maximum atomic E-state index is 12.6. The minimum atomic E-state index is 0.0644. The summed E-state index contributed by atoms with van der Waals surface area (Å²) in [6.07, 6.45) is 41.4. The van der Waals surface area contributed by atoms with Gasteiger partial charge in [0.15, 0.2) is 0 Å². The Hall–Kier alpha value is -0.570. The van der Waals surface area contributed by atoms with Crippen LogP contribution in [0, 0.1) is 0 Å². The van der Waals surface area contributed by atoms with E-state index in [9.17, 15) is 4.79 Å². The Morgan fingerprint density at radius 2 is 0.738 bits per heavy atom. The van der Waals surface area contributed by atoms with E-state index in [2.05, 4.69) is 26.1 Å². The molecule has 0 radical (unpaired) electrons. The molecule has 0 saturated heterocycles. The van der Waals surface area contributed by atoms with Gasteiger partial charge in [-0.05, 0) is 58.0 Å². The molecule has 1 N–H and O–H groups in total. The number of nitrogens with one attached hydrogen (secondary N) is 1. The van der Waals surface area contributed by atoms with Crippen molar-refractivity contribution in [3.63, 3.8) is 0 Å². The largest absolute Gasteiger partial charge is 0.462 e. The first-order valence-corrected chi connectivity index (χ1v) is 19.6. The molecular weight excluding hydrogens is 514 g/mol. The first kappa shape index (κ1) is 41.4. The lowest BCUT2D eigenvalue weighted by atomic mass is 10.0. The predicted octanol–water partition coefficient (Wildman–Crippen LogP) is 13.0. The number of rotatable bonds is 36. The van der Waals surface area contributed by atoms with Gasteiger partial charge in [-0.25, -0.2) is 0 Å². The summed E-state index contributed by atoms with van der Waals surface area (Å²) in [5, 5.41) is 3.63. The highest BCUT2D eigenvalue weighted by molar-refractivity contribution is 5.69. The van der Waals surface area contributed by atoms with Gasteiger partial charge in [-0.15, -0.1) is 0 Å². The average molecular weight is 594 g/mol. The van der Waals surface area contributed by atoms with Crippen LogP contribution in [-0.2, 0) is 9.53 Å². The molecule has 0 aliphatic carbocycles. The second-order valence-corrected chi connectivity index (χ2v) is 13.4. The van der Waals surface area contributed by atoms with Crippen LogP contribution in [0.2, 0.25) is 0 Å². The number of unbranched alkanes of at least 4 members (excludes halogenated alkanes) is 25. The van der Waals surface area contributed by atoms with Gasteiger partial charge in [-0.3, -0.25) is 4.79 Å². The van der Waals surface area contributed by atoms with Gasteiger partial charge in [0.1, 0.15) is 6.10 Å². The van der Waals surface area contributed by atoms with Gasteiger partial charge in [0, 0.05) is 6.42 Å². The third-order valence-electron chi connectivity index (χ3n) is 9.00. The molecular formula is C39H79NO2. The van der Waals surface area contributed by atoms with E-state index in [-0.39, 0.29) is 12.1 Å². The Morgan fingerprint density at radius 3 is 1.12 bits per heavy atom. The van der Waals surface area contributed by atoms with Crippen LogP contribution < -0.4 is 5.32 Å². The van der Waals surface area contributed by atoms with Crippen LogP contribution in [0.4, 0.5) is 0 Å². The van der Waals surface area contributed by atoms with Crippen molar-refractivity contribution < 1.29 is 9.53 Å². The Kier molecular flexibility index (Phi) is 36.1. The summed E-state index contributed by atoms with van der Waals surface area (Å²) in [5.74, 6) is 0.0644. The topological polar surface area (TPSA) is 38.3 Å². The molecule has 0 aromatic carbocycles. The van der Waals surface area contributed by atoms with Crippen molar-refractivity contribution in [2.24, 2.45) is 0 Å². The predicted molar refractivity (Wildman–Crippen MR) is 188 cm³/mol. The van der Waals surface area contributed by atoms with Gasteiger partial charge < -0.3 is 10.1 Å². The Bertz CT molecular complexity index is 509. The molecule has 252 valence electrons. The first-order chi connectivity index (χ1) is 20.7. The van der Waals surface area contributed by atoms with Crippen molar-refractivity contribution in [1.82, 2.24) is 5.32 Å². The molecule has 0 rings (SSSR count). The third-order valence-corrected chi connectivity index (χ3v) is 9.00. The lowest BCUT2D eigenvalue weighted by Crippen LogP contribution is -2.18. The van der Waals surface area contributed by atoms with Crippen LogP contribution in [0.3, 0.4) is 0 Å². The highest BCUT2D eigenvalue weighted by Crippen LogP contribution is 2.19. The molecule has 0 aromatic heterocycles. The Balaban J connectivity index is 3.81. The number of carbonyl (C=O) groups excluding carboxylic acids is 1. The molecule has 0 aliphatic rings. The smallest absolute Gasteiger partial charge is 0.306 e. The minimum Gasteiger partial charge on any atom is -0.462 e. The number of carbonyl (C=O) groups is 1. The molecule has 42 heavy (non-hydrogen) atoms. The zero-order valence-electron chi connectivity index (χ0n) is 29.4. The zero-order valence-corrected chi connectivity index (χ0v) is 29.4. The first-order valence-electron chi connectivity index (χ1n) is 19.6. The van der Waals surface area contributed by atoms with Crippen LogP contribution in [0.15, 0.2) is 0 Å². The van der Waals surface area contributed by atoms with E-state index < -0.39 is 0 Å². The summed E-state index contributed by atoms with van der Waals surface area (Å²) in [4.78, 5) is 12.6. The summed E-state index contributed by atoms with van der Waals surface area (Å²) in [5.41, 5.74) is 0. The molecule has 3 heteroatoms. The molecule has 0 spiro atoms. The lowest BCUT2D eigenvalue weighted by molar-refractivity contribution is -0.150. The highest BCUT2D eigenvalue weighted by Gasteiger charge is 2.14. The van der Waals surface area contributed by atoms with Crippen molar-refractivity contribution >= 4 is 5.97 Å². The van der Waals surface area contributed by atoms with Crippen LogP contribution >= 0.6 is 0 Å². The zero-order chi connectivity index (χ0) is 30.6. The van der Waals surface area contributed by atoms with Gasteiger partial charge in [0.05, 0.1) is 0 Å². The normalized spacial score (nSPS) is 12.2. The van der Waals surface area contributed by atoms with Crippen molar-refractivity contribution in [1.29, 1.82) is 0 Å². The quantitative estimate of drug-likeness (QED) is 0.0580. The Labute approximate surface area is 265 Å². The van der Waals surface area contributed by atoms with Crippen molar-refractivity contribution in [2.45, 2.75) is 232 Å². The molecule has 0 bridgehead atoms. The van der Waals surface area contributed by atoms with E-state index >= 15 is 0 Å². The van der Waals surface area contributed by atoms with E-state index in [1.165, 1.54) is 193 Å². The summed E-state index contributed by atoms with van der Waals surface area (Å²) in [6, 6.07) is 0. The molecule has 1 atom stereocenters. The second-order valence-electron chi connectivity index (χ2n) is 13.4. The molecule has 3 nitrogen and oxygen atoms in total. The van der Waals surface area contributed by atoms with Gasteiger partial charge in [-0.1, -0.05) is 175 Å². The fourth-order valence-corrected chi connectivity index (χ4v) is 6.08. The van der Waals surface area contributed by atoms with Gasteiger partial charge in [0.2, 0.25) is 0 Å². The van der Waals surface area contributed by atoms with Gasteiger partial charge >= 0.3 is 5.97 Å². The maximum Gasteiger partial charge on any atom is 0.306 e. The SMILES string of the molecule is CCCCCCCCCCC(CCCCCCCCC)OC(=O)CCCCCCCCCNCCCCCCCCC. The summed E-state index contributed by atoms with van der Waals surface area (Å²) < 4.78 is 6.04. The highest BCUT2D eigenvalue weighted by atomic mass is 16.5. The van der Waals surface area contributed by atoms with Gasteiger partial charge in [0.25, 0.3) is 0 Å². The second kappa shape index (κ2) is 36.6. The Morgan fingerprint density at radius 1 is 0.429 bits per heavy atom. The standard InChI is InChI=1S/C39H79NO2/c1-4-7-10-13-16-19-24-29-34-38(33-28-23-18-14-11-8-5-2)42-39(41)35-30-25-20-17-22-27-32-37-40-36-31-26-21-15-12-9-6-3/h38,40H,4-37H2,1-3H3. The monoisotopic (exact) mass is 594 g/mol. The average Bonchev–Trinajstić information content (AvgIpc) is 2.99. The van der Waals surface area contributed by atoms with Crippen LogP contribution in [0.1, 0.15) is 226 Å². The van der Waals surface area contributed by atoms with Crippen LogP contribution in [0.25, 0.3) is 0 Å². The van der Waals surface area contributed by atoms with Crippen molar-refractivity contribution in [2.75, 3.05) is 13.1 Å². The van der Waals surface area contributed by atoms with Crippen LogP contribution in [-0.4, -0.2) is 25.2 Å². The summed E-state index contributed by atoms with van der Waals surface area (Å²) in [6.45, 7) is 9.23. The lowest BCUT2D eigenvalue weighted by Gasteiger charge is -2.18. The van der Waals surface area contributed by atoms with Crippen molar-refractivity contribution in [3.8, 4) is 0 Å². The molecule has 0 amide bonds. The molecule has 0 aliphatic heterocycles. The maximum absolute atomic E-state index is 12.6. The van der Waals surface area contributed by atoms with E-state index in [1.807, 2.05) is 0 Å². The molecule has 1 unspecified atom stereocenters. The van der Waals surface area contributed by atoms with Crippen molar-refractivity contribution in [3.05, 3.63) is 0 Å². The fourth-order valence-electron chi connectivity index (χ4n) is 6.08. The number of hydrogen-bond donors (Lipinski definition) is 1. The van der Waals surface area contributed by atoms with E-state index in [0.29, 0.717) is 6.42 Å². The van der Waals surface area contributed by atoms with Gasteiger partial charge in [-0.2, -0.15) is 0 Å². The molecule has 0 aromatic rings. The minimum absolute atomic E-state index is 0.0644. The van der Waals surface area contributed by atoms with E-state index in [4.69, 9.17) is 4.74 Å². The van der Waals surface area contributed by atoms with E-state index in [0.717, 1.165) is 19.3 Å². The third kappa shape index (κ3) is 33.9. The number of esters is 1.